The second-order valence-corrected chi connectivity index (χ2v) is 4.61. The first-order valence-corrected chi connectivity index (χ1v) is 6.21. The van der Waals surface area contributed by atoms with E-state index in [0.29, 0.717) is 13.2 Å². The van der Waals surface area contributed by atoms with Crippen molar-refractivity contribution in [1.29, 1.82) is 0 Å². The number of aromatic hydroxyl groups is 1. The van der Waals surface area contributed by atoms with Crippen LogP contribution in [-0.2, 0) is 4.74 Å². The van der Waals surface area contributed by atoms with E-state index in [0.717, 1.165) is 4.47 Å². The Morgan fingerprint density at radius 3 is 2.88 bits per heavy atom. The number of benzene rings is 1. The number of phenolic OH excluding ortho intramolecular Hbond substituents is 1. The summed E-state index contributed by atoms with van der Waals surface area (Å²) in [6.07, 6.45) is 0. The molecule has 0 aliphatic rings. The Balaban J connectivity index is 2.63. The van der Waals surface area contributed by atoms with E-state index in [9.17, 15) is 9.90 Å². The van der Waals surface area contributed by atoms with E-state index < -0.39 is 0 Å². The lowest BCUT2D eigenvalue weighted by Gasteiger charge is -2.14. The smallest absolute Gasteiger partial charge is 0.255 e. The molecule has 0 fully saturated rings. The maximum atomic E-state index is 11.8. The summed E-state index contributed by atoms with van der Waals surface area (Å²) in [6, 6.07) is 4.68. The molecule has 4 nitrogen and oxygen atoms in total. The van der Waals surface area contributed by atoms with Gasteiger partial charge in [-0.1, -0.05) is 15.9 Å². The number of rotatable bonds is 5. The first-order chi connectivity index (χ1) is 8.04. The van der Waals surface area contributed by atoms with Gasteiger partial charge < -0.3 is 15.2 Å². The normalized spacial score (nSPS) is 12.2. The van der Waals surface area contributed by atoms with E-state index in [1.165, 1.54) is 6.07 Å². The molecule has 0 heterocycles. The van der Waals surface area contributed by atoms with E-state index in [-0.39, 0.29) is 23.3 Å². The SMILES string of the molecule is CCOCC(C)NC(=O)c1ccc(Br)cc1O. The van der Waals surface area contributed by atoms with Crippen LogP contribution in [-0.4, -0.2) is 30.3 Å². The highest BCUT2D eigenvalue weighted by Crippen LogP contribution is 2.22. The molecule has 1 aromatic carbocycles. The molecule has 0 spiro atoms. The van der Waals surface area contributed by atoms with E-state index in [1.54, 1.807) is 12.1 Å². The summed E-state index contributed by atoms with van der Waals surface area (Å²) >= 11 is 3.22. The van der Waals surface area contributed by atoms with Crippen LogP contribution in [0.2, 0.25) is 0 Å². The van der Waals surface area contributed by atoms with Crippen molar-refractivity contribution in [3.05, 3.63) is 28.2 Å². The zero-order valence-electron chi connectivity index (χ0n) is 9.87. The van der Waals surface area contributed by atoms with Crippen LogP contribution in [0, 0.1) is 0 Å². The predicted octanol–water partition coefficient (Wildman–Crippen LogP) is 2.31. The van der Waals surface area contributed by atoms with Gasteiger partial charge in [-0.15, -0.1) is 0 Å². The number of hydrogen-bond acceptors (Lipinski definition) is 3. The Morgan fingerprint density at radius 2 is 2.29 bits per heavy atom. The summed E-state index contributed by atoms with van der Waals surface area (Å²) in [5.74, 6) is -0.345. The second-order valence-electron chi connectivity index (χ2n) is 3.70. The molecule has 1 unspecified atom stereocenters. The molecule has 0 radical (unpaired) electrons. The molecule has 1 aromatic rings. The number of halogens is 1. The molecule has 0 aliphatic carbocycles. The largest absolute Gasteiger partial charge is 0.507 e. The fourth-order valence-corrected chi connectivity index (χ4v) is 1.68. The summed E-state index contributed by atoms with van der Waals surface area (Å²) in [7, 11) is 0. The van der Waals surface area contributed by atoms with Crippen LogP contribution in [0.15, 0.2) is 22.7 Å². The topological polar surface area (TPSA) is 58.6 Å². The number of carbonyl (C=O) groups excluding carboxylic acids is 1. The van der Waals surface area contributed by atoms with Crippen molar-refractivity contribution < 1.29 is 14.6 Å². The van der Waals surface area contributed by atoms with Gasteiger partial charge in [-0.05, 0) is 32.0 Å². The molecular formula is C12H16BrNO3. The molecule has 0 aliphatic heterocycles. The van der Waals surface area contributed by atoms with Crippen molar-refractivity contribution in [2.45, 2.75) is 19.9 Å². The van der Waals surface area contributed by atoms with E-state index in [2.05, 4.69) is 21.2 Å². The van der Waals surface area contributed by atoms with Gasteiger partial charge in [0.2, 0.25) is 0 Å². The van der Waals surface area contributed by atoms with Crippen molar-refractivity contribution in [2.75, 3.05) is 13.2 Å². The minimum atomic E-state index is -0.304. The first kappa shape index (κ1) is 14.0. The maximum absolute atomic E-state index is 11.8. The average molecular weight is 302 g/mol. The van der Waals surface area contributed by atoms with Crippen molar-refractivity contribution >= 4 is 21.8 Å². The molecule has 0 saturated heterocycles. The van der Waals surface area contributed by atoms with Crippen LogP contribution in [0.1, 0.15) is 24.2 Å². The molecule has 1 rings (SSSR count). The summed E-state index contributed by atoms with van der Waals surface area (Å²) < 4.78 is 5.93. The highest BCUT2D eigenvalue weighted by Gasteiger charge is 2.13. The standard InChI is InChI=1S/C12H16BrNO3/c1-3-17-7-8(2)14-12(16)10-5-4-9(13)6-11(10)15/h4-6,8,15H,3,7H2,1-2H3,(H,14,16). The van der Waals surface area contributed by atoms with Gasteiger partial charge in [0.25, 0.3) is 5.91 Å². The van der Waals surface area contributed by atoms with E-state index >= 15 is 0 Å². The number of carbonyl (C=O) groups is 1. The van der Waals surface area contributed by atoms with Crippen molar-refractivity contribution in [2.24, 2.45) is 0 Å². The van der Waals surface area contributed by atoms with Crippen molar-refractivity contribution in [3.8, 4) is 5.75 Å². The predicted molar refractivity (Wildman–Crippen MR) is 69.2 cm³/mol. The van der Waals surface area contributed by atoms with Crippen LogP contribution in [0.5, 0.6) is 5.75 Å². The number of hydrogen-bond donors (Lipinski definition) is 2. The fraction of sp³-hybridized carbons (Fsp3) is 0.417. The minimum absolute atomic E-state index is 0.0412. The monoisotopic (exact) mass is 301 g/mol. The van der Waals surface area contributed by atoms with Crippen molar-refractivity contribution in [1.82, 2.24) is 5.32 Å². The molecule has 17 heavy (non-hydrogen) atoms. The Hall–Kier alpha value is -1.07. The van der Waals surface area contributed by atoms with Gasteiger partial charge >= 0.3 is 0 Å². The lowest BCUT2D eigenvalue weighted by Crippen LogP contribution is -2.35. The third kappa shape index (κ3) is 4.36. The maximum Gasteiger partial charge on any atom is 0.255 e. The third-order valence-electron chi connectivity index (χ3n) is 2.15. The number of phenols is 1. The van der Waals surface area contributed by atoms with Crippen LogP contribution < -0.4 is 5.32 Å². The van der Waals surface area contributed by atoms with Gasteiger partial charge in [-0.25, -0.2) is 0 Å². The number of ether oxygens (including phenoxy) is 1. The summed E-state index contributed by atoms with van der Waals surface area (Å²) in [5, 5.41) is 12.4. The van der Waals surface area contributed by atoms with Crippen LogP contribution in [0.25, 0.3) is 0 Å². The quantitative estimate of drug-likeness (QED) is 0.877. The molecule has 0 saturated carbocycles. The Bertz CT molecular complexity index is 395. The lowest BCUT2D eigenvalue weighted by molar-refractivity contribution is 0.0869. The van der Waals surface area contributed by atoms with Gasteiger partial charge in [0.1, 0.15) is 5.75 Å². The minimum Gasteiger partial charge on any atom is -0.507 e. The van der Waals surface area contributed by atoms with E-state index in [1.807, 2.05) is 13.8 Å². The van der Waals surface area contributed by atoms with Crippen molar-refractivity contribution in [3.63, 3.8) is 0 Å². The van der Waals surface area contributed by atoms with Gasteiger partial charge in [-0.3, -0.25) is 4.79 Å². The number of nitrogens with one attached hydrogen (secondary N) is 1. The molecule has 0 aromatic heterocycles. The summed E-state index contributed by atoms with van der Waals surface area (Å²) in [4.78, 5) is 11.8. The van der Waals surface area contributed by atoms with Crippen LogP contribution in [0.3, 0.4) is 0 Å². The summed E-state index contributed by atoms with van der Waals surface area (Å²) in [5.41, 5.74) is 0.261. The van der Waals surface area contributed by atoms with Gasteiger partial charge in [0.05, 0.1) is 12.2 Å². The van der Waals surface area contributed by atoms with Crippen LogP contribution in [0.4, 0.5) is 0 Å². The number of amides is 1. The molecule has 5 heteroatoms. The fourth-order valence-electron chi connectivity index (χ4n) is 1.33. The van der Waals surface area contributed by atoms with Gasteiger partial charge in [0, 0.05) is 17.1 Å². The summed E-state index contributed by atoms with van der Waals surface area (Å²) in [6.45, 7) is 4.82. The van der Waals surface area contributed by atoms with Gasteiger partial charge in [0.15, 0.2) is 0 Å². The Kier molecular flexibility index (Phi) is 5.44. The Morgan fingerprint density at radius 1 is 1.59 bits per heavy atom. The third-order valence-corrected chi connectivity index (χ3v) is 2.65. The van der Waals surface area contributed by atoms with Gasteiger partial charge in [-0.2, -0.15) is 0 Å². The average Bonchev–Trinajstić information content (AvgIpc) is 2.26. The molecular weight excluding hydrogens is 286 g/mol. The Labute approximate surface area is 109 Å². The first-order valence-electron chi connectivity index (χ1n) is 5.41. The molecule has 1 amide bonds. The molecule has 0 bridgehead atoms. The zero-order valence-corrected chi connectivity index (χ0v) is 11.5. The molecule has 94 valence electrons. The van der Waals surface area contributed by atoms with E-state index in [4.69, 9.17) is 4.74 Å². The van der Waals surface area contributed by atoms with Crippen LogP contribution >= 0.6 is 15.9 Å². The molecule has 1 atom stereocenters. The highest BCUT2D eigenvalue weighted by atomic mass is 79.9. The molecule has 2 N–H and O–H groups in total. The zero-order chi connectivity index (χ0) is 12.8. The highest BCUT2D eigenvalue weighted by molar-refractivity contribution is 9.10. The lowest BCUT2D eigenvalue weighted by atomic mass is 10.2. The second kappa shape index (κ2) is 6.61.